The fourth-order valence-corrected chi connectivity index (χ4v) is 2.47. The van der Waals surface area contributed by atoms with Crippen molar-refractivity contribution >= 4 is 27.5 Å². The van der Waals surface area contributed by atoms with Gasteiger partial charge in [0.05, 0.1) is 20.3 Å². The summed E-state index contributed by atoms with van der Waals surface area (Å²) in [6, 6.07) is 7.07. The van der Waals surface area contributed by atoms with Gasteiger partial charge in [0.2, 0.25) is 11.8 Å². The second-order valence-corrected chi connectivity index (χ2v) is 4.66. The zero-order valence-corrected chi connectivity index (χ0v) is 13.2. The van der Waals surface area contributed by atoms with Crippen molar-refractivity contribution in [3.05, 3.63) is 34.9 Å². The van der Waals surface area contributed by atoms with E-state index >= 15 is 0 Å². The maximum Gasteiger partial charge on any atom is 0.328 e. The highest BCUT2D eigenvalue weighted by Crippen LogP contribution is 2.32. The van der Waals surface area contributed by atoms with Crippen LogP contribution in [0.5, 0.6) is 23.5 Å². The monoisotopic (exact) mass is 358 g/mol. The van der Waals surface area contributed by atoms with E-state index in [4.69, 9.17) is 25.8 Å². The molecule has 1 aromatic carbocycles. The molecular formula is C13H12BrClN2O3. The topological polar surface area (TPSA) is 53.5 Å². The summed E-state index contributed by atoms with van der Waals surface area (Å²) in [6.07, 6.45) is 0. The number of methoxy groups -OCH3 is 2. The average molecular weight is 360 g/mol. The van der Waals surface area contributed by atoms with E-state index in [1.54, 1.807) is 24.3 Å². The zero-order chi connectivity index (χ0) is 14.5. The Hall–Kier alpha value is -1.53. The second kappa shape index (κ2) is 6.76. The first kappa shape index (κ1) is 14.9. The average Bonchev–Trinajstić information content (AvgIpc) is 2.47. The Kier molecular flexibility index (Phi) is 5.03. The Labute approximate surface area is 130 Å². The number of ether oxygens (including phenoxy) is 3. The van der Waals surface area contributed by atoms with Gasteiger partial charge in [-0.1, -0.05) is 33.6 Å². The first-order chi connectivity index (χ1) is 9.67. The number of nitrogens with zero attached hydrogens (tertiary/aromatic N) is 2. The van der Waals surface area contributed by atoms with E-state index in [-0.39, 0.29) is 6.01 Å². The lowest BCUT2D eigenvalue weighted by Crippen LogP contribution is -1.99. The number of alkyl halides is 1. The number of rotatable bonds is 5. The van der Waals surface area contributed by atoms with E-state index in [9.17, 15) is 0 Å². The molecule has 0 atom stereocenters. The molecule has 0 fully saturated rings. The van der Waals surface area contributed by atoms with Crippen LogP contribution in [0, 0.1) is 0 Å². The number of hydrogen-bond acceptors (Lipinski definition) is 5. The maximum atomic E-state index is 6.11. The van der Waals surface area contributed by atoms with Crippen LogP contribution in [-0.4, -0.2) is 24.2 Å². The summed E-state index contributed by atoms with van der Waals surface area (Å²) in [5.74, 6) is 1.29. The van der Waals surface area contributed by atoms with Gasteiger partial charge in [-0.2, -0.15) is 9.97 Å². The number of aromatic nitrogens is 2. The molecule has 0 bridgehead atoms. The molecule has 5 nitrogen and oxygen atoms in total. The quantitative estimate of drug-likeness (QED) is 0.759. The Morgan fingerprint density at radius 3 is 2.35 bits per heavy atom. The molecule has 0 amide bonds. The van der Waals surface area contributed by atoms with E-state index in [1.807, 2.05) is 0 Å². The highest BCUT2D eigenvalue weighted by molar-refractivity contribution is 9.08. The molecule has 0 unspecified atom stereocenters. The highest BCUT2D eigenvalue weighted by Gasteiger charge is 2.12. The van der Waals surface area contributed by atoms with E-state index in [1.165, 1.54) is 14.2 Å². The molecule has 0 saturated heterocycles. The standard InChI is InChI=1S/C13H12BrClN2O3/c1-18-11-6-12(19-2)17-13(16-11)20-10-5-3-4-9(15)8(10)7-14/h3-6H,7H2,1-2H3. The SMILES string of the molecule is COc1cc(OC)nc(Oc2cccc(Cl)c2CBr)n1. The molecule has 1 aromatic heterocycles. The Morgan fingerprint density at radius 2 is 1.80 bits per heavy atom. The molecule has 0 aliphatic carbocycles. The molecule has 0 aliphatic heterocycles. The van der Waals surface area contributed by atoms with Gasteiger partial charge in [0.25, 0.3) is 0 Å². The van der Waals surface area contributed by atoms with Crippen LogP contribution in [-0.2, 0) is 5.33 Å². The maximum absolute atomic E-state index is 6.11. The summed E-state index contributed by atoms with van der Waals surface area (Å²) < 4.78 is 15.8. The lowest BCUT2D eigenvalue weighted by atomic mass is 10.2. The van der Waals surface area contributed by atoms with Crippen molar-refractivity contribution in [2.45, 2.75) is 5.33 Å². The van der Waals surface area contributed by atoms with E-state index < -0.39 is 0 Å². The second-order valence-electron chi connectivity index (χ2n) is 3.69. The summed E-state index contributed by atoms with van der Waals surface area (Å²) in [7, 11) is 3.02. The molecule has 2 rings (SSSR count). The van der Waals surface area contributed by atoms with Gasteiger partial charge in [-0.15, -0.1) is 0 Å². The van der Waals surface area contributed by atoms with Gasteiger partial charge >= 0.3 is 6.01 Å². The van der Waals surface area contributed by atoms with E-state index in [0.717, 1.165) is 5.56 Å². The van der Waals surface area contributed by atoms with Crippen LogP contribution in [0.4, 0.5) is 0 Å². The summed E-state index contributed by atoms with van der Waals surface area (Å²) in [4.78, 5) is 8.21. The normalized spacial score (nSPS) is 10.2. The third kappa shape index (κ3) is 3.32. The van der Waals surface area contributed by atoms with Crippen molar-refractivity contribution in [1.82, 2.24) is 9.97 Å². The van der Waals surface area contributed by atoms with Gasteiger partial charge in [0, 0.05) is 15.9 Å². The minimum absolute atomic E-state index is 0.130. The first-order valence-corrected chi connectivity index (χ1v) is 7.16. The largest absolute Gasteiger partial charge is 0.481 e. The van der Waals surface area contributed by atoms with Crippen molar-refractivity contribution in [2.24, 2.45) is 0 Å². The molecule has 0 saturated carbocycles. The summed E-state index contributed by atoms with van der Waals surface area (Å²) in [6.45, 7) is 0. The van der Waals surface area contributed by atoms with E-state index in [2.05, 4.69) is 25.9 Å². The van der Waals surface area contributed by atoms with Crippen LogP contribution in [0.25, 0.3) is 0 Å². The minimum Gasteiger partial charge on any atom is -0.481 e. The molecule has 2 aromatic rings. The van der Waals surface area contributed by atoms with Crippen molar-refractivity contribution in [3.63, 3.8) is 0 Å². The molecule has 0 spiro atoms. The van der Waals surface area contributed by atoms with Crippen LogP contribution in [0.15, 0.2) is 24.3 Å². The Balaban J connectivity index is 2.37. The van der Waals surface area contributed by atoms with Crippen molar-refractivity contribution in [3.8, 4) is 23.5 Å². The lowest BCUT2D eigenvalue weighted by molar-refractivity contribution is 0.347. The van der Waals surface area contributed by atoms with Crippen LogP contribution >= 0.6 is 27.5 Å². The molecular weight excluding hydrogens is 348 g/mol. The summed E-state index contributed by atoms with van der Waals surface area (Å²) >= 11 is 9.49. The van der Waals surface area contributed by atoms with Crippen molar-refractivity contribution in [1.29, 1.82) is 0 Å². The first-order valence-electron chi connectivity index (χ1n) is 5.66. The van der Waals surface area contributed by atoms with Crippen molar-refractivity contribution in [2.75, 3.05) is 14.2 Å². The Bertz CT molecular complexity index is 588. The van der Waals surface area contributed by atoms with Gasteiger partial charge < -0.3 is 14.2 Å². The van der Waals surface area contributed by atoms with Gasteiger partial charge in [-0.05, 0) is 12.1 Å². The number of hydrogen-bond donors (Lipinski definition) is 0. The molecule has 0 N–H and O–H groups in total. The summed E-state index contributed by atoms with van der Waals surface area (Å²) in [5.41, 5.74) is 0.819. The molecule has 7 heteroatoms. The van der Waals surface area contributed by atoms with Crippen LogP contribution in [0.3, 0.4) is 0 Å². The fraction of sp³-hybridized carbons (Fsp3) is 0.231. The van der Waals surface area contributed by atoms with Crippen LogP contribution in [0.1, 0.15) is 5.56 Å². The molecule has 20 heavy (non-hydrogen) atoms. The molecule has 0 aliphatic rings. The van der Waals surface area contributed by atoms with Crippen LogP contribution in [0.2, 0.25) is 5.02 Å². The third-order valence-corrected chi connectivity index (χ3v) is 3.40. The zero-order valence-electron chi connectivity index (χ0n) is 10.9. The molecule has 0 radical (unpaired) electrons. The minimum atomic E-state index is 0.130. The van der Waals surface area contributed by atoms with E-state index in [0.29, 0.717) is 27.9 Å². The van der Waals surface area contributed by atoms with Gasteiger partial charge in [0.15, 0.2) is 0 Å². The van der Waals surface area contributed by atoms with Gasteiger partial charge in [0.1, 0.15) is 5.75 Å². The predicted octanol–water partition coefficient (Wildman–Crippen LogP) is 3.83. The smallest absolute Gasteiger partial charge is 0.328 e. The fourth-order valence-electron chi connectivity index (χ4n) is 1.50. The van der Waals surface area contributed by atoms with Gasteiger partial charge in [-0.25, -0.2) is 0 Å². The lowest BCUT2D eigenvalue weighted by Gasteiger charge is -2.11. The number of benzene rings is 1. The van der Waals surface area contributed by atoms with Crippen molar-refractivity contribution < 1.29 is 14.2 Å². The summed E-state index contributed by atoms with van der Waals surface area (Å²) in [5, 5.41) is 1.16. The van der Waals surface area contributed by atoms with Gasteiger partial charge in [-0.3, -0.25) is 0 Å². The third-order valence-electron chi connectivity index (χ3n) is 2.49. The predicted molar refractivity (Wildman–Crippen MR) is 79.3 cm³/mol. The molecule has 1 heterocycles. The Morgan fingerprint density at radius 1 is 1.15 bits per heavy atom. The highest BCUT2D eigenvalue weighted by atomic mass is 79.9. The van der Waals surface area contributed by atoms with Crippen LogP contribution < -0.4 is 14.2 Å². The molecule has 106 valence electrons. The number of halogens is 2.